The molecule has 9 heteroatoms. The average molecular weight is 555 g/mol. The molecule has 3 heterocycles. The number of rotatable bonds is 9. The van der Waals surface area contributed by atoms with E-state index in [1.165, 1.54) is 0 Å². The first-order chi connectivity index (χ1) is 18.6. The Morgan fingerprint density at radius 1 is 1.18 bits per heavy atom. The zero-order valence-corrected chi connectivity index (χ0v) is 24.3. The molecular formula is C30H39ClN4O4. The molecule has 0 unspecified atom stereocenters. The molecule has 2 spiro atoms. The van der Waals surface area contributed by atoms with Gasteiger partial charge in [0, 0.05) is 53.8 Å². The third kappa shape index (κ3) is 5.44. The van der Waals surface area contributed by atoms with Crippen molar-refractivity contribution < 1.29 is 19.3 Å². The summed E-state index contributed by atoms with van der Waals surface area (Å²) in [5.41, 5.74) is 4.83. The summed E-state index contributed by atoms with van der Waals surface area (Å²) < 4.78 is 17.7. The number of halogens is 1. The SMILES string of the molecule is CCC[C@@H](O)COc1ccc(Cl)c(-c2nc(C(C(C)=N)=C(C)C)c(C)c(N3CC4(C3)CC3(C4)OCCO3)n2)c1. The zero-order chi connectivity index (χ0) is 27.9. The summed E-state index contributed by atoms with van der Waals surface area (Å²) in [5.74, 6) is 1.56. The van der Waals surface area contributed by atoms with Crippen molar-refractivity contribution >= 4 is 28.7 Å². The minimum absolute atomic E-state index is 0.184. The molecule has 0 amide bonds. The third-order valence-corrected chi connectivity index (χ3v) is 8.26. The summed E-state index contributed by atoms with van der Waals surface area (Å²) in [6, 6.07) is 5.40. The molecule has 3 fully saturated rings. The predicted molar refractivity (Wildman–Crippen MR) is 154 cm³/mol. The topological polar surface area (TPSA) is 101 Å². The van der Waals surface area contributed by atoms with Crippen LogP contribution in [0.1, 0.15) is 64.6 Å². The highest BCUT2D eigenvalue weighted by Gasteiger charge is 2.63. The van der Waals surface area contributed by atoms with Crippen LogP contribution >= 0.6 is 11.6 Å². The maximum Gasteiger partial charge on any atom is 0.169 e. The number of aromatic nitrogens is 2. The molecule has 5 rings (SSSR count). The van der Waals surface area contributed by atoms with Crippen LogP contribution in [0.3, 0.4) is 0 Å². The van der Waals surface area contributed by atoms with Crippen LogP contribution in [0.5, 0.6) is 5.75 Å². The molecule has 1 atom stereocenters. The molecule has 0 bridgehead atoms. The number of aliphatic hydroxyl groups is 1. The largest absolute Gasteiger partial charge is 0.491 e. The number of aliphatic hydroxyl groups excluding tert-OH is 1. The van der Waals surface area contributed by atoms with Crippen molar-refractivity contribution in [1.82, 2.24) is 9.97 Å². The maximum atomic E-state index is 10.1. The molecule has 1 aliphatic carbocycles. The number of nitrogens with zero attached hydrogens (tertiary/aromatic N) is 3. The quantitative estimate of drug-likeness (QED) is 0.376. The fraction of sp³-hybridized carbons (Fsp3) is 0.567. The van der Waals surface area contributed by atoms with E-state index in [0.29, 0.717) is 47.5 Å². The minimum atomic E-state index is -0.525. The number of hydrogen-bond acceptors (Lipinski definition) is 8. The van der Waals surface area contributed by atoms with Crippen molar-refractivity contribution in [2.75, 3.05) is 37.8 Å². The highest BCUT2D eigenvalue weighted by Crippen LogP contribution is 2.58. The molecule has 39 heavy (non-hydrogen) atoms. The van der Waals surface area contributed by atoms with Crippen LogP contribution in [0, 0.1) is 17.7 Å². The molecule has 1 aromatic heterocycles. The van der Waals surface area contributed by atoms with Crippen molar-refractivity contribution in [1.29, 1.82) is 5.41 Å². The maximum absolute atomic E-state index is 10.1. The Bertz CT molecular complexity index is 1280. The fourth-order valence-corrected chi connectivity index (χ4v) is 6.47. The van der Waals surface area contributed by atoms with Gasteiger partial charge in [-0.1, -0.05) is 30.5 Å². The van der Waals surface area contributed by atoms with E-state index in [1.807, 2.05) is 33.8 Å². The Balaban J connectivity index is 1.49. The van der Waals surface area contributed by atoms with Crippen molar-refractivity contribution in [2.24, 2.45) is 5.41 Å². The van der Waals surface area contributed by atoms with Gasteiger partial charge in [-0.2, -0.15) is 0 Å². The van der Waals surface area contributed by atoms with E-state index < -0.39 is 6.10 Å². The first-order valence-corrected chi connectivity index (χ1v) is 14.2. The van der Waals surface area contributed by atoms with Crippen LogP contribution < -0.4 is 9.64 Å². The second-order valence-corrected chi connectivity index (χ2v) is 12.0. The van der Waals surface area contributed by atoms with Gasteiger partial charge < -0.3 is 29.6 Å². The number of ether oxygens (including phenoxy) is 3. The molecule has 2 aliphatic heterocycles. The lowest BCUT2D eigenvalue weighted by molar-refractivity contribution is -0.267. The lowest BCUT2D eigenvalue weighted by atomic mass is 9.59. The first kappa shape index (κ1) is 28.0. The zero-order valence-electron chi connectivity index (χ0n) is 23.6. The van der Waals surface area contributed by atoms with Gasteiger partial charge in [0.2, 0.25) is 0 Å². The van der Waals surface area contributed by atoms with Crippen LogP contribution in [0.2, 0.25) is 5.02 Å². The van der Waals surface area contributed by atoms with Gasteiger partial charge in [-0.05, 0) is 52.3 Å². The third-order valence-electron chi connectivity index (χ3n) is 7.93. The summed E-state index contributed by atoms with van der Waals surface area (Å²) >= 11 is 6.69. The van der Waals surface area contributed by atoms with Gasteiger partial charge in [0.05, 0.1) is 30.0 Å². The average Bonchev–Trinajstić information content (AvgIpc) is 3.32. The molecule has 210 valence electrons. The summed E-state index contributed by atoms with van der Waals surface area (Å²) in [5, 5.41) is 19.1. The molecule has 2 saturated heterocycles. The lowest BCUT2D eigenvalue weighted by Gasteiger charge is -2.62. The fourth-order valence-electron chi connectivity index (χ4n) is 6.27. The molecule has 2 aromatic rings. The summed E-state index contributed by atoms with van der Waals surface area (Å²) in [6.45, 7) is 13.2. The smallest absolute Gasteiger partial charge is 0.169 e. The molecular weight excluding hydrogens is 516 g/mol. The predicted octanol–water partition coefficient (Wildman–Crippen LogP) is 5.82. The van der Waals surface area contributed by atoms with Gasteiger partial charge in [-0.3, -0.25) is 0 Å². The van der Waals surface area contributed by atoms with E-state index in [9.17, 15) is 5.11 Å². The van der Waals surface area contributed by atoms with E-state index >= 15 is 0 Å². The molecule has 1 aromatic carbocycles. The Morgan fingerprint density at radius 3 is 2.49 bits per heavy atom. The highest BCUT2D eigenvalue weighted by molar-refractivity contribution is 6.33. The van der Waals surface area contributed by atoms with Gasteiger partial charge in [-0.25, -0.2) is 9.97 Å². The number of allylic oxidation sites excluding steroid dienone is 2. The normalized spacial score (nSPS) is 19.5. The van der Waals surface area contributed by atoms with Crippen molar-refractivity contribution in [2.45, 2.75) is 72.2 Å². The van der Waals surface area contributed by atoms with E-state index in [-0.39, 0.29) is 17.8 Å². The lowest BCUT2D eigenvalue weighted by Crippen LogP contribution is -2.68. The van der Waals surface area contributed by atoms with Gasteiger partial charge in [0.1, 0.15) is 18.2 Å². The molecule has 0 radical (unpaired) electrons. The minimum Gasteiger partial charge on any atom is -0.491 e. The molecule has 1 saturated carbocycles. The second-order valence-electron chi connectivity index (χ2n) is 11.6. The van der Waals surface area contributed by atoms with Gasteiger partial charge in [-0.15, -0.1) is 0 Å². The first-order valence-electron chi connectivity index (χ1n) is 13.8. The van der Waals surface area contributed by atoms with Crippen LogP contribution in [0.4, 0.5) is 5.82 Å². The second kappa shape index (κ2) is 10.8. The highest BCUT2D eigenvalue weighted by atomic mass is 35.5. The summed E-state index contributed by atoms with van der Waals surface area (Å²) in [7, 11) is 0. The Morgan fingerprint density at radius 2 is 1.87 bits per heavy atom. The van der Waals surface area contributed by atoms with Crippen LogP contribution in [0.25, 0.3) is 17.0 Å². The van der Waals surface area contributed by atoms with E-state index in [4.69, 9.17) is 41.2 Å². The van der Waals surface area contributed by atoms with E-state index in [1.54, 1.807) is 19.1 Å². The number of hydrogen-bond donors (Lipinski definition) is 2. The van der Waals surface area contributed by atoms with Crippen molar-refractivity contribution in [3.8, 4) is 17.1 Å². The van der Waals surface area contributed by atoms with Gasteiger partial charge in [0.25, 0.3) is 0 Å². The Hall–Kier alpha value is -2.52. The van der Waals surface area contributed by atoms with Gasteiger partial charge in [0.15, 0.2) is 11.6 Å². The molecule has 2 N–H and O–H groups in total. The Labute approximate surface area is 235 Å². The Kier molecular flexibility index (Phi) is 7.76. The van der Waals surface area contributed by atoms with Crippen LogP contribution in [-0.4, -0.2) is 65.6 Å². The molecule has 8 nitrogen and oxygen atoms in total. The molecule has 3 aliphatic rings. The van der Waals surface area contributed by atoms with Gasteiger partial charge >= 0.3 is 0 Å². The number of benzene rings is 1. The van der Waals surface area contributed by atoms with E-state index in [0.717, 1.165) is 60.6 Å². The summed E-state index contributed by atoms with van der Waals surface area (Å²) in [6.07, 6.45) is 2.86. The monoisotopic (exact) mass is 554 g/mol. The van der Waals surface area contributed by atoms with Crippen molar-refractivity contribution in [3.63, 3.8) is 0 Å². The van der Waals surface area contributed by atoms with E-state index in [2.05, 4.69) is 4.90 Å². The van der Waals surface area contributed by atoms with Crippen molar-refractivity contribution in [3.05, 3.63) is 40.1 Å². The summed E-state index contributed by atoms with van der Waals surface area (Å²) in [4.78, 5) is 12.3. The standard InChI is InChI=1S/C30H39ClN4O4/c1-6-7-21(36)13-37-22-8-9-24(31)23(12-22)27-33-26(25(18(2)3)20(5)32)19(4)28(34-27)35-16-29(17-35)14-30(15-29)38-10-11-39-30/h8-9,12,21,32,36H,6-7,10-11,13-17H2,1-5H3/t21-/m1/s1. The number of nitrogens with one attached hydrogen (secondary N) is 1. The van der Waals surface area contributed by atoms with Crippen LogP contribution in [0.15, 0.2) is 23.8 Å². The number of anilines is 1. The van der Waals surface area contributed by atoms with Crippen LogP contribution in [-0.2, 0) is 9.47 Å².